The lowest BCUT2D eigenvalue weighted by Gasteiger charge is -2.35. The van der Waals surface area contributed by atoms with E-state index in [0.717, 1.165) is 42.3 Å². The standard InChI is InChI=1S/C27H28ClN3O4S/c1-3-35-27(34)26-23(16-24(36-26)20-4-8-21(28)9-5-20)29-25(33)17-30-12-14-31(15-13-30)22-10-6-19(7-11-22)18(2)32/h4-11,16H,3,12-15,17H2,1-2H3,(H,29,33). The molecule has 2 aromatic carbocycles. The van der Waals surface area contributed by atoms with Gasteiger partial charge in [-0.3, -0.25) is 14.5 Å². The van der Waals surface area contributed by atoms with Gasteiger partial charge in [-0.15, -0.1) is 11.3 Å². The summed E-state index contributed by atoms with van der Waals surface area (Å²) in [5.74, 6) is -0.586. The summed E-state index contributed by atoms with van der Waals surface area (Å²) >= 11 is 7.28. The van der Waals surface area contributed by atoms with Crippen LogP contribution >= 0.6 is 22.9 Å². The molecule has 9 heteroatoms. The highest BCUT2D eigenvalue weighted by atomic mass is 35.5. The predicted octanol–water partition coefficient (Wildman–Crippen LogP) is 5.21. The second kappa shape index (κ2) is 11.7. The molecule has 0 aliphatic carbocycles. The number of hydrogen-bond donors (Lipinski definition) is 1. The molecular weight excluding hydrogens is 498 g/mol. The Morgan fingerprint density at radius 2 is 1.67 bits per heavy atom. The van der Waals surface area contributed by atoms with Crippen molar-refractivity contribution in [1.29, 1.82) is 0 Å². The molecule has 4 rings (SSSR count). The molecule has 0 radical (unpaired) electrons. The summed E-state index contributed by atoms with van der Waals surface area (Å²) in [5.41, 5.74) is 3.13. The molecule has 0 atom stereocenters. The first kappa shape index (κ1) is 25.9. The summed E-state index contributed by atoms with van der Waals surface area (Å²) < 4.78 is 5.21. The third-order valence-corrected chi connectivity index (χ3v) is 7.39. The van der Waals surface area contributed by atoms with Gasteiger partial charge in [0.2, 0.25) is 5.91 Å². The second-order valence-corrected chi connectivity index (χ2v) is 9.98. The van der Waals surface area contributed by atoms with Crippen molar-refractivity contribution < 1.29 is 19.1 Å². The summed E-state index contributed by atoms with van der Waals surface area (Å²) in [6.07, 6.45) is 0. The number of esters is 1. The Balaban J connectivity index is 1.38. The molecule has 188 valence electrons. The maximum absolute atomic E-state index is 12.9. The number of amides is 1. The Kier molecular flexibility index (Phi) is 8.40. The van der Waals surface area contributed by atoms with E-state index in [9.17, 15) is 14.4 Å². The number of ketones is 1. The predicted molar refractivity (Wildman–Crippen MR) is 144 cm³/mol. The van der Waals surface area contributed by atoms with Crippen molar-refractivity contribution in [2.45, 2.75) is 13.8 Å². The van der Waals surface area contributed by atoms with Crippen molar-refractivity contribution in [2.75, 3.05) is 49.5 Å². The molecule has 1 saturated heterocycles. The van der Waals surface area contributed by atoms with Crippen molar-refractivity contribution >= 4 is 52.0 Å². The van der Waals surface area contributed by atoms with Gasteiger partial charge in [-0.2, -0.15) is 0 Å². The fourth-order valence-electron chi connectivity index (χ4n) is 4.05. The second-order valence-electron chi connectivity index (χ2n) is 8.50. The average molecular weight is 526 g/mol. The molecule has 0 spiro atoms. The number of ether oxygens (including phenoxy) is 1. The Labute approximate surface area is 219 Å². The maximum atomic E-state index is 12.9. The topological polar surface area (TPSA) is 79.0 Å². The molecule has 1 aromatic heterocycles. The van der Waals surface area contributed by atoms with Crippen LogP contribution in [0.25, 0.3) is 10.4 Å². The van der Waals surface area contributed by atoms with Gasteiger partial charge in [-0.1, -0.05) is 23.7 Å². The van der Waals surface area contributed by atoms with Gasteiger partial charge in [-0.25, -0.2) is 4.79 Å². The minimum Gasteiger partial charge on any atom is -0.462 e. The molecule has 2 heterocycles. The monoisotopic (exact) mass is 525 g/mol. The molecule has 1 fully saturated rings. The van der Waals surface area contributed by atoms with E-state index in [1.807, 2.05) is 36.4 Å². The number of piperazine rings is 1. The van der Waals surface area contributed by atoms with E-state index in [-0.39, 0.29) is 24.8 Å². The smallest absolute Gasteiger partial charge is 0.350 e. The van der Waals surface area contributed by atoms with Gasteiger partial charge in [0.05, 0.1) is 18.8 Å². The Morgan fingerprint density at radius 3 is 2.28 bits per heavy atom. The number of rotatable bonds is 8. The van der Waals surface area contributed by atoms with Gasteiger partial charge in [0.15, 0.2) is 5.78 Å². The summed E-state index contributed by atoms with van der Waals surface area (Å²) in [6.45, 7) is 6.80. The van der Waals surface area contributed by atoms with Crippen molar-refractivity contribution in [3.63, 3.8) is 0 Å². The number of carbonyl (C=O) groups is 3. The summed E-state index contributed by atoms with van der Waals surface area (Å²) in [5, 5.41) is 3.54. The van der Waals surface area contributed by atoms with E-state index in [1.54, 1.807) is 32.0 Å². The van der Waals surface area contributed by atoms with Gasteiger partial charge in [0, 0.05) is 47.3 Å². The van der Waals surface area contributed by atoms with Crippen LogP contribution in [0.5, 0.6) is 0 Å². The zero-order chi connectivity index (χ0) is 25.7. The number of carbonyl (C=O) groups excluding carboxylic acids is 3. The van der Waals surface area contributed by atoms with Crippen molar-refractivity contribution in [1.82, 2.24) is 4.90 Å². The first-order valence-electron chi connectivity index (χ1n) is 11.8. The van der Waals surface area contributed by atoms with Gasteiger partial charge in [0.1, 0.15) is 4.88 Å². The van der Waals surface area contributed by atoms with Gasteiger partial charge in [0.25, 0.3) is 0 Å². The highest BCUT2D eigenvalue weighted by Crippen LogP contribution is 2.36. The number of benzene rings is 2. The fourth-order valence-corrected chi connectivity index (χ4v) is 5.19. The lowest BCUT2D eigenvalue weighted by molar-refractivity contribution is -0.117. The summed E-state index contributed by atoms with van der Waals surface area (Å²) in [6, 6.07) is 16.8. The van der Waals surface area contributed by atoms with Crippen LogP contribution in [0.2, 0.25) is 5.02 Å². The Morgan fingerprint density at radius 1 is 1.00 bits per heavy atom. The van der Waals surface area contributed by atoms with E-state index in [2.05, 4.69) is 15.1 Å². The third kappa shape index (κ3) is 6.32. The fraction of sp³-hybridized carbons (Fsp3) is 0.296. The Bertz CT molecular complexity index is 1230. The molecule has 1 aliphatic rings. The van der Waals surface area contributed by atoms with Crippen LogP contribution in [0.3, 0.4) is 0 Å². The molecule has 1 aliphatic heterocycles. The first-order valence-corrected chi connectivity index (χ1v) is 13.0. The Hall–Kier alpha value is -3.20. The number of hydrogen-bond acceptors (Lipinski definition) is 7. The van der Waals surface area contributed by atoms with E-state index >= 15 is 0 Å². The zero-order valence-electron chi connectivity index (χ0n) is 20.3. The minimum atomic E-state index is -0.456. The molecule has 0 saturated carbocycles. The number of nitrogens with zero attached hydrogens (tertiary/aromatic N) is 2. The van der Waals surface area contributed by atoms with Crippen LogP contribution in [0.15, 0.2) is 54.6 Å². The van der Waals surface area contributed by atoms with Crippen molar-refractivity contribution in [3.8, 4) is 10.4 Å². The molecular formula is C27H28ClN3O4S. The molecule has 3 aromatic rings. The average Bonchev–Trinajstić information content (AvgIpc) is 3.29. The van der Waals surface area contributed by atoms with Crippen LogP contribution in [0, 0.1) is 0 Å². The van der Waals surface area contributed by atoms with Crippen LogP contribution in [0.1, 0.15) is 33.9 Å². The SMILES string of the molecule is CCOC(=O)c1sc(-c2ccc(Cl)cc2)cc1NC(=O)CN1CCN(c2ccc(C(C)=O)cc2)CC1. The summed E-state index contributed by atoms with van der Waals surface area (Å²) in [4.78, 5) is 42.5. The molecule has 7 nitrogen and oxygen atoms in total. The highest BCUT2D eigenvalue weighted by molar-refractivity contribution is 7.18. The quantitative estimate of drug-likeness (QED) is 0.321. The summed E-state index contributed by atoms with van der Waals surface area (Å²) in [7, 11) is 0. The van der Waals surface area contributed by atoms with Gasteiger partial charge < -0.3 is 15.0 Å². The molecule has 1 N–H and O–H groups in total. The lowest BCUT2D eigenvalue weighted by Crippen LogP contribution is -2.48. The lowest BCUT2D eigenvalue weighted by atomic mass is 10.1. The number of nitrogens with one attached hydrogen (secondary N) is 1. The molecule has 36 heavy (non-hydrogen) atoms. The minimum absolute atomic E-state index is 0.0504. The van der Waals surface area contributed by atoms with Crippen molar-refractivity contribution in [3.05, 3.63) is 70.1 Å². The molecule has 0 unspecified atom stereocenters. The number of thiophene rings is 1. The largest absolute Gasteiger partial charge is 0.462 e. The number of anilines is 2. The van der Waals surface area contributed by atoms with E-state index in [0.29, 0.717) is 21.2 Å². The van der Waals surface area contributed by atoms with Crippen LogP contribution < -0.4 is 10.2 Å². The van der Waals surface area contributed by atoms with Crippen LogP contribution in [-0.4, -0.2) is 61.9 Å². The molecule has 1 amide bonds. The highest BCUT2D eigenvalue weighted by Gasteiger charge is 2.23. The molecule has 0 bridgehead atoms. The van der Waals surface area contributed by atoms with E-state index in [1.165, 1.54) is 11.3 Å². The third-order valence-electron chi connectivity index (χ3n) is 5.97. The normalized spacial score (nSPS) is 13.9. The van der Waals surface area contributed by atoms with Crippen LogP contribution in [-0.2, 0) is 9.53 Å². The van der Waals surface area contributed by atoms with Crippen molar-refractivity contribution in [2.24, 2.45) is 0 Å². The number of Topliss-reactive ketones (excluding diaryl/α,β-unsaturated/α-hetero) is 1. The van der Waals surface area contributed by atoms with Crippen LogP contribution in [0.4, 0.5) is 11.4 Å². The van der Waals surface area contributed by atoms with E-state index in [4.69, 9.17) is 16.3 Å². The van der Waals surface area contributed by atoms with Gasteiger partial charge >= 0.3 is 5.97 Å². The first-order chi connectivity index (χ1) is 17.3. The maximum Gasteiger partial charge on any atom is 0.350 e. The van der Waals surface area contributed by atoms with Gasteiger partial charge in [-0.05, 0) is 61.9 Å². The number of halogens is 1. The van der Waals surface area contributed by atoms with E-state index < -0.39 is 5.97 Å². The zero-order valence-corrected chi connectivity index (χ0v) is 21.8.